The van der Waals surface area contributed by atoms with Crippen LogP contribution in [0.25, 0.3) is 16.3 Å². The number of urea groups is 1. The molecule has 1 N–H and O–H groups in total. The maximum Gasteiger partial charge on any atom is 0.357 e. The standard InChI is InChI=1S/C19H16N4O4S/c24-17(22-9-8-20-19(22)26)12-27-18(25)15-11-14(16-7-4-10-28-16)21-23(15)13-5-2-1-3-6-13/h1-7,10-11H,8-9,12H2,(H,20,26). The van der Waals surface area contributed by atoms with Crippen LogP contribution in [0.1, 0.15) is 10.5 Å². The molecule has 4 rings (SSSR count). The summed E-state index contributed by atoms with van der Waals surface area (Å²) in [7, 11) is 0. The van der Waals surface area contributed by atoms with Crippen LogP contribution in [-0.4, -0.2) is 52.3 Å². The number of thiophene rings is 1. The first-order valence-corrected chi connectivity index (χ1v) is 9.46. The van der Waals surface area contributed by atoms with Crippen LogP contribution in [0.4, 0.5) is 4.79 Å². The van der Waals surface area contributed by atoms with E-state index < -0.39 is 24.5 Å². The van der Waals surface area contributed by atoms with E-state index in [0.717, 1.165) is 9.78 Å². The second-order valence-electron chi connectivity index (χ2n) is 5.99. The van der Waals surface area contributed by atoms with Crippen LogP contribution >= 0.6 is 11.3 Å². The Hall–Kier alpha value is -3.46. The van der Waals surface area contributed by atoms with Crippen molar-refractivity contribution in [1.29, 1.82) is 0 Å². The fourth-order valence-corrected chi connectivity index (χ4v) is 3.51. The summed E-state index contributed by atoms with van der Waals surface area (Å²) >= 11 is 1.51. The molecule has 8 nitrogen and oxygen atoms in total. The highest BCUT2D eigenvalue weighted by atomic mass is 32.1. The van der Waals surface area contributed by atoms with Gasteiger partial charge in [-0.2, -0.15) is 5.10 Å². The van der Waals surface area contributed by atoms with Crippen molar-refractivity contribution < 1.29 is 19.1 Å². The van der Waals surface area contributed by atoms with Crippen LogP contribution in [0.5, 0.6) is 0 Å². The lowest BCUT2D eigenvalue weighted by atomic mass is 10.3. The second kappa shape index (κ2) is 7.65. The van der Waals surface area contributed by atoms with Gasteiger partial charge >= 0.3 is 12.0 Å². The first-order valence-electron chi connectivity index (χ1n) is 8.58. The number of para-hydroxylation sites is 1. The van der Waals surface area contributed by atoms with E-state index in [1.165, 1.54) is 16.0 Å². The number of hydrogen-bond acceptors (Lipinski definition) is 6. The molecule has 3 amide bonds. The molecule has 0 saturated carbocycles. The molecular weight excluding hydrogens is 380 g/mol. The highest BCUT2D eigenvalue weighted by Gasteiger charge is 2.27. The average molecular weight is 396 g/mol. The number of carbonyl (C=O) groups excluding carboxylic acids is 3. The summed E-state index contributed by atoms with van der Waals surface area (Å²) in [6, 6.07) is 14.2. The molecule has 28 heavy (non-hydrogen) atoms. The molecule has 0 aliphatic carbocycles. The minimum absolute atomic E-state index is 0.202. The molecule has 0 bridgehead atoms. The lowest BCUT2D eigenvalue weighted by molar-refractivity contribution is -0.130. The van der Waals surface area contributed by atoms with Gasteiger partial charge in [0.2, 0.25) is 0 Å². The Bertz CT molecular complexity index is 1010. The smallest absolute Gasteiger partial charge is 0.357 e. The minimum Gasteiger partial charge on any atom is -0.451 e. The number of rotatable bonds is 5. The first-order chi connectivity index (χ1) is 13.6. The van der Waals surface area contributed by atoms with Gasteiger partial charge in [0.15, 0.2) is 12.3 Å². The van der Waals surface area contributed by atoms with Gasteiger partial charge in [0.05, 0.1) is 10.6 Å². The van der Waals surface area contributed by atoms with Crippen molar-refractivity contribution in [2.45, 2.75) is 0 Å². The van der Waals surface area contributed by atoms with Crippen molar-refractivity contribution in [2.75, 3.05) is 19.7 Å². The van der Waals surface area contributed by atoms with Gasteiger partial charge in [0.1, 0.15) is 5.69 Å². The molecule has 1 aliphatic heterocycles. The quantitative estimate of drug-likeness (QED) is 0.668. The minimum atomic E-state index is -0.688. The largest absolute Gasteiger partial charge is 0.451 e. The molecule has 1 aliphatic rings. The molecule has 3 heterocycles. The predicted octanol–water partition coefficient (Wildman–Crippen LogP) is 2.31. The number of amides is 3. The van der Waals surface area contributed by atoms with Gasteiger partial charge < -0.3 is 10.1 Å². The van der Waals surface area contributed by atoms with E-state index >= 15 is 0 Å². The van der Waals surface area contributed by atoms with Crippen molar-refractivity contribution in [3.63, 3.8) is 0 Å². The molecule has 2 aromatic heterocycles. The Morgan fingerprint density at radius 1 is 1.18 bits per heavy atom. The number of hydrogen-bond donors (Lipinski definition) is 1. The van der Waals surface area contributed by atoms with Crippen molar-refractivity contribution in [2.24, 2.45) is 0 Å². The van der Waals surface area contributed by atoms with Crippen molar-refractivity contribution in [1.82, 2.24) is 20.0 Å². The molecular formula is C19H16N4O4S. The summed E-state index contributed by atoms with van der Waals surface area (Å²) in [6.45, 7) is 0.143. The van der Waals surface area contributed by atoms with Gasteiger partial charge in [-0.15, -0.1) is 11.3 Å². The third-order valence-electron chi connectivity index (χ3n) is 4.18. The third-order valence-corrected chi connectivity index (χ3v) is 5.07. The molecule has 0 atom stereocenters. The van der Waals surface area contributed by atoms with Gasteiger partial charge in [-0.3, -0.25) is 9.69 Å². The number of carbonyl (C=O) groups is 3. The normalized spacial score (nSPS) is 13.4. The van der Waals surface area contributed by atoms with Gasteiger partial charge in [-0.25, -0.2) is 14.3 Å². The van der Waals surface area contributed by atoms with E-state index in [1.807, 2.05) is 47.8 Å². The number of ether oxygens (including phenoxy) is 1. The van der Waals surface area contributed by atoms with Gasteiger partial charge in [0.25, 0.3) is 5.91 Å². The zero-order chi connectivity index (χ0) is 19.5. The molecule has 0 spiro atoms. The average Bonchev–Trinajstić information content (AvgIpc) is 3.46. The van der Waals surface area contributed by atoms with E-state index in [9.17, 15) is 14.4 Å². The first kappa shape index (κ1) is 17.9. The van der Waals surface area contributed by atoms with Gasteiger partial charge in [-0.1, -0.05) is 24.3 Å². The van der Waals surface area contributed by atoms with Crippen LogP contribution in [0.15, 0.2) is 53.9 Å². The summed E-state index contributed by atoms with van der Waals surface area (Å²) in [5.41, 5.74) is 1.53. The van der Waals surface area contributed by atoms with Crippen LogP contribution in [-0.2, 0) is 9.53 Å². The Balaban J connectivity index is 1.58. The molecule has 3 aromatic rings. The molecule has 9 heteroatoms. The molecule has 142 valence electrons. The number of nitrogens with one attached hydrogen (secondary N) is 1. The fourth-order valence-electron chi connectivity index (χ4n) is 2.83. The Morgan fingerprint density at radius 2 is 2.00 bits per heavy atom. The molecule has 0 radical (unpaired) electrons. The van der Waals surface area contributed by atoms with Gasteiger partial charge in [-0.05, 0) is 23.6 Å². The number of benzene rings is 1. The Kier molecular flexibility index (Phi) is 4.90. The molecule has 1 aromatic carbocycles. The highest BCUT2D eigenvalue weighted by molar-refractivity contribution is 7.13. The van der Waals surface area contributed by atoms with Crippen molar-refractivity contribution in [3.05, 3.63) is 59.6 Å². The summed E-state index contributed by atoms with van der Waals surface area (Å²) in [6.07, 6.45) is 0. The van der Waals surface area contributed by atoms with E-state index in [4.69, 9.17) is 4.74 Å². The van der Waals surface area contributed by atoms with Crippen LogP contribution in [0.2, 0.25) is 0 Å². The Morgan fingerprint density at radius 3 is 2.68 bits per heavy atom. The van der Waals surface area contributed by atoms with Crippen molar-refractivity contribution >= 4 is 29.2 Å². The van der Waals surface area contributed by atoms with Crippen LogP contribution < -0.4 is 5.32 Å². The highest BCUT2D eigenvalue weighted by Crippen LogP contribution is 2.26. The monoisotopic (exact) mass is 396 g/mol. The van der Waals surface area contributed by atoms with E-state index in [0.29, 0.717) is 17.9 Å². The lowest BCUT2D eigenvalue weighted by Gasteiger charge is -2.12. The summed E-state index contributed by atoms with van der Waals surface area (Å²) in [5, 5.41) is 8.98. The molecule has 0 unspecified atom stereocenters. The topological polar surface area (TPSA) is 93.5 Å². The van der Waals surface area contributed by atoms with Crippen molar-refractivity contribution in [3.8, 4) is 16.3 Å². The molecule has 1 saturated heterocycles. The lowest BCUT2D eigenvalue weighted by Crippen LogP contribution is -2.37. The number of esters is 1. The SMILES string of the molecule is O=C(OCC(=O)N1CCNC1=O)c1cc(-c2cccs2)nn1-c1ccccc1. The zero-order valence-electron chi connectivity index (χ0n) is 14.7. The summed E-state index contributed by atoms with van der Waals surface area (Å²) in [4.78, 5) is 38.3. The van der Waals surface area contributed by atoms with E-state index in [-0.39, 0.29) is 12.2 Å². The summed E-state index contributed by atoms with van der Waals surface area (Å²) in [5.74, 6) is -1.25. The zero-order valence-corrected chi connectivity index (χ0v) is 15.5. The number of imide groups is 1. The van der Waals surface area contributed by atoms with Crippen LogP contribution in [0.3, 0.4) is 0 Å². The maximum absolute atomic E-state index is 12.7. The van der Waals surface area contributed by atoms with E-state index in [2.05, 4.69) is 10.4 Å². The maximum atomic E-state index is 12.7. The molecule has 1 fully saturated rings. The third kappa shape index (κ3) is 3.52. The summed E-state index contributed by atoms with van der Waals surface area (Å²) < 4.78 is 6.67. The Labute approximate surface area is 164 Å². The van der Waals surface area contributed by atoms with Gasteiger partial charge in [0, 0.05) is 19.2 Å². The second-order valence-corrected chi connectivity index (χ2v) is 6.94. The number of nitrogens with zero attached hydrogens (tertiary/aromatic N) is 3. The predicted molar refractivity (Wildman–Crippen MR) is 102 cm³/mol. The van der Waals surface area contributed by atoms with Crippen LogP contribution in [0, 0.1) is 0 Å². The van der Waals surface area contributed by atoms with E-state index in [1.54, 1.807) is 6.07 Å². The number of aromatic nitrogens is 2. The fraction of sp³-hybridized carbons (Fsp3) is 0.158.